The van der Waals surface area contributed by atoms with E-state index in [1.807, 2.05) is 22.8 Å². The number of hydrogen-bond donors (Lipinski definition) is 1. The summed E-state index contributed by atoms with van der Waals surface area (Å²) in [6, 6.07) is 15.9. The Hall–Kier alpha value is -4.58. The molecule has 1 amide bonds. The number of amides is 1. The third-order valence-electron chi connectivity index (χ3n) is 7.34. The van der Waals surface area contributed by atoms with E-state index in [2.05, 4.69) is 27.3 Å². The van der Waals surface area contributed by atoms with Crippen LogP contribution in [0.3, 0.4) is 0 Å². The first-order valence-corrected chi connectivity index (χ1v) is 13.5. The first kappa shape index (κ1) is 25.7. The molecule has 4 heterocycles. The molecule has 2 fully saturated rings. The van der Waals surface area contributed by atoms with Crippen molar-refractivity contribution in [3.63, 3.8) is 0 Å². The Balaban J connectivity index is 1.22. The van der Waals surface area contributed by atoms with Crippen molar-refractivity contribution in [2.24, 2.45) is 0 Å². The van der Waals surface area contributed by atoms with E-state index in [1.54, 1.807) is 11.2 Å². The van der Waals surface area contributed by atoms with Gasteiger partial charge in [-0.1, -0.05) is 30.3 Å². The minimum atomic E-state index is -0.473. The van der Waals surface area contributed by atoms with Crippen LogP contribution in [0.25, 0.3) is 11.2 Å². The maximum Gasteiger partial charge on any atom is 0.269 e. The van der Waals surface area contributed by atoms with Gasteiger partial charge in [0.2, 0.25) is 5.95 Å². The smallest absolute Gasteiger partial charge is 0.269 e. The number of carbonyl (C=O) groups is 1. The Bertz CT molecular complexity index is 1490. The van der Waals surface area contributed by atoms with Crippen LogP contribution in [-0.2, 0) is 11.3 Å². The van der Waals surface area contributed by atoms with Crippen molar-refractivity contribution in [1.29, 1.82) is 0 Å². The molecule has 0 aliphatic carbocycles. The number of piperazine rings is 1. The molecule has 12 heteroatoms. The number of hydrogen-bond acceptors (Lipinski definition) is 9. The first-order chi connectivity index (χ1) is 19.5. The highest BCUT2D eigenvalue weighted by molar-refractivity contribution is 5.94. The van der Waals surface area contributed by atoms with Gasteiger partial charge in [-0.25, -0.2) is 4.98 Å². The molecule has 12 nitrogen and oxygen atoms in total. The van der Waals surface area contributed by atoms with Crippen molar-refractivity contribution < 1.29 is 14.5 Å². The van der Waals surface area contributed by atoms with E-state index in [1.165, 1.54) is 24.3 Å². The van der Waals surface area contributed by atoms with Gasteiger partial charge in [-0.2, -0.15) is 9.97 Å². The summed E-state index contributed by atoms with van der Waals surface area (Å²) in [7, 11) is 0. The summed E-state index contributed by atoms with van der Waals surface area (Å²) < 4.78 is 7.82. The largest absolute Gasteiger partial charge is 0.376 e. The zero-order valence-electron chi connectivity index (χ0n) is 22.0. The van der Waals surface area contributed by atoms with Gasteiger partial charge in [-0.15, -0.1) is 0 Å². The molecule has 0 saturated carbocycles. The summed E-state index contributed by atoms with van der Waals surface area (Å²) in [5, 5.41) is 14.4. The number of nitrogens with zero attached hydrogens (tertiary/aromatic N) is 7. The lowest BCUT2D eigenvalue weighted by Gasteiger charge is -2.35. The van der Waals surface area contributed by atoms with E-state index >= 15 is 0 Å². The van der Waals surface area contributed by atoms with E-state index in [9.17, 15) is 14.9 Å². The van der Waals surface area contributed by atoms with Crippen LogP contribution >= 0.6 is 0 Å². The van der Waals surface area contributed by atoms with Crippen LogP contribution in [0.1, 0.15) is 28.8 Å². The molecular formula is C28H30N8O4. The summed E-state index contributed by atoms with van der Waals surface area (Å²) >= 11 is 0. The maximum absolute atomic E-state index is 13.0. The number of imidazole rings is 1. The second-order valence-electron chi connectivity index (χ2n) is 10.0. The van der Waals surface area contributed by atoms with Gasteiger partial charge in [0.15, 0.2) is 17.0 Å². The molecule has 1 N–H and O–H groups in total. The molecule has 206 valence electrons. The first-order valence-electron chi connectivity index (χ1n) is 13.5. The quantitative estimate of drug-likeness (QED) is 0.263. The lowest BCUT2D eigenvalue weighted by Crippen LogP contribution is -2.49. The zero-order chi connectivity index (χ0) is 27.5. The van der Waals surface area contributed by atoms with Crippen molar-refractivity contribution in [1.82, 2.24) is 24.4 Å². The SMILES string of the molecule is O=C(c1ccc([N+](=O)[O-])cc1)N1CCN(c2nc(NCC3CCCO3)c3ncn(Cc4ccccc4)c3n2)CC1. The van der Waals surface area contributed by atoms with E-state index in [4.69, 9.17) is 14.7 Å². The Kier molecular flexibility index (Phi) is 7.23. The number of rotatable bonds is 8. The normalized spacial score (nSPS) is 17.4. The number of anilines is 2. The molecule has 2 aliphatic rings. The molecule has 0 bridgehead atoms. The van der Waals surface area contributed by atoms with Crippen molar-refractivity contribution >= 4 is 34.5 Å². The molecule has 4 aromatic rings. The molecule has 0 radical (unpaired) electrons. The number of carbonyl (C=O) groups excluding carboxylic acids is 1. The highest BCUT2D eigenvalue weighted by atomic mass is 16.6. The predicted molar refractivity (Wildman–Crippen MR) is 150 cm³/mol. The molecule has 2 saturated heterocycles. The van der Waals surface area contributed by atoms with Crippen molar-refractivity contribution in [2.45, 2.75) is 25.5 Å². The minimum Gasteiger partial charge on any atom is -0.376 e. The Labute approximate surface area is 230 Å². The number of nitro benzene ring substituents is 1. The Morgan fingerprint density at radius 3 is 2.52 bits per heavy atom. The summed E-state index contributed by atoms with van der Waals surface area (Å²) in [6.07, 6.45) is 4.02. The van der Waals surface area contributed by atoms with Gasteiger partial charge in [0, 0.05) is 57.0 Å². The fraction of sp³-hybridized carbons (Fsp3) is 0.357. The summed E-state index contributed by atoms with van der Waals surface area (Å²) in [6.45, 7) is 4.15. The van der Waals surface area contributed by atoms with Crippen LogP contribution in [0, 0.1) is 10.1 Å². The number of nitro groups is 1. The molecule has 1 atom stereocenters. The van der Waals surface area contributed by atoms with E-state index in [0.717, 1.165) is 30.7 Å². The summed E-state index contributed by atoms with van der Waals surface area (Å²) in [5.41, 5.74) is 3.00. The zero-order valence-corrected chi connectivity index (χ0v) is 22.0. The van der Waals surface area contributed by atoms with Gasteiger partial charge in [0.1, 0.15) is 0 Å². The van der Waals surface area contributed by atoms with Crippen molar-refractivity contribution in [2.75, 3.05) is 49.5 Å². The van der Waals surface area contributed by atoms with Crippen LogP contribution in [0.2, 0.25) is 0 Å². The second kappa shape index (κ2) is 11.3. The highest BCUT2D eigenvalue weighted by Crippen LogP contribution is 2.25. The van der Waals surface area contributed by atoms with Crippen LogP contribution in [0.4, 0.5) is 17.5 Å². The average Bonchev–Trinajstić information content (AvgIpc) is 3.67. The fourth-order valence-corrected chi connectivity index (χ4v) is 5.13. The van der Waals surface area contributed by atoms with Crippen molar-refractivity contribution in [3.8, 4) is 0 Å². The molecule has 40 heavy (non-hydrogen) atoms. The van der Waals surface area contributed by atoms with Gasteiger partial charge >= 0.3 is 0 Å². The van der Waals surface area contributed by atoms with Crippen LogP contribution in [0.5, 0.6) is 0 Å². The average molecular weight is 543 g/mol. The number of ether oxygens (including phenoxy) is 1. The number of fused-ring (bicyclic) bond motifs is 1. The van der Waals surface area contributed by atoms with Gasteiger partial charge in [0.25, 0.3) is 11.6 Å². The molecule has 2 aromatic heterocycles. The van der Waals surface area contributed by atoms with Crippen LogP contribution in [-0.4, -0.2) is 80.7 Å². The molecule has 2 aliphatic heterocycles. The third kappa shape index (κ3) is 5.43. The minimum absolute atomic E-state index is 0.0377. The van der Waals surface area contributed by atoms with E-state index in [0.29, 0.717) is 62.1 Å². The standard InChI is InChI=1S/C28H30N8O4/c37-27(21-8-10-22(11-9-21)36(38)39)33-12-14-34(15-13-33)28-31-25(29-17-23-7-4-16-40-23)24-26(32-28)35(19-30-24)18-20-5-2-1-3-6-20/h1-3,5-6,8-11,19,23H,4,7,12-18H2,(H,29,31,32). The van der Waals surface area contributed by atoms with Crippen molar-refractivity contribution in [3.05, 3.63) is 82.2 Å². The molecule has 2 aromatic carbocycles. The van der Waals surface area contributed by atoms with E-state index < -0.39 is 4.92 Å². The monoisotopic (exact) mass is 542 g/mol. The number of benzene rings is 2. The second-order valence-corrected chi connectivity index (χ2v) is 10.0. The lowest BCUT2D eigenvalue weighted by molar-refractivity contribution is -0.384. The van der Waals surface area contributed by atoms with Gasteiger partial charge < -0.3 is 24.4 Å². The topological polar surface area (TPSA) is 132 Å². The molecule has 0 spiro atoms. The number of aromatic nitrogens is 4. The molecule has 1 unspecified atom stereocenters. The fourth-order valence-electron chi connectivity index (χ4n) is 5.13. The van der Waals surface area contributed by atoms with E-state index in [-0.39, 0.29) is 17.7 Å². The predicted octanol–water partition coefficient (Wildman–Crippen LogP) is 3.34. The maximum atomic E-state index is 13.0. The Morgan fingerprint density at radius 2 is 1.82 bits per heavy atom. The van der Waals surface area contributed by atoms with Crippen LogP contribution in [0.15, 0.2) is 60.9 Å². The Morgan fingerprint density at radius 1 is 1.05 bits per heavy atom. The molecule has 6 rings (SSSR count). The summed E-state index contributed by atoms with van der Waals surface area (Å²) in [5.74, 6) is 1.11. The third-order valence-corrected chi connectivity index (χ3v) is 7.34. The lowest BCUT2D eigenvalue weighted by atomic mass is 10.1. The number of nitrogens with one attached hydrogen (secondary N) is 1. The highest BCUT2D eigenvalue weighted by Gasteiger charge is 2.26. The van der Waals surface area contributed by atoms with Crippen LogP contribution < -0.4 is 10.2 Å². The molecular weight excluding hydrogens is 512 g/mol. The van der Waals surface area contributed by atoms with Gasteiger partial charge in [-0.05, 0) is 30.5 Å². The summed E-state index contributed by atoms with van der Waals surface area (Å²) in [4.78, 5) is 41.8. The van der Waals surface area contributed by atoms with Gasteiger partial charge in [-0.3, -0.25) is 14.9 Å². The van der Waals surface area contributed by atoms with Gasteiger partial charge in [0.05, 0.1) is 23.9 Å². The number of non-ortho nitro benzene ring substituents is 1.